The third kappa shape index (κ3) is 7.26. The number of Topliss-reactive ketones (excluding diaryl/α,β-unsaturated/α-hetero) is 1. The maximum atomic E-state index is 11.3. The molecule has 0 aliphatic heterocycles. The van der Waals surface area contributed by atoms with E-state index in [2.05, 4.69) is 32.9 Å². The lowest BCUT2D eigenvalue weighted by molar-refractivity contribution is -0.113. The molecule has 0 N–H and O–H groups in total. The number of rotatable bonds is 8. The predicted molar refractivity (Wildman–Crippen MR) is 80.7 cm³/mol. The molecule has 0 saturated carbocycles. The van der Waals surface area contributed by atoms with E-state index in [1.54, 1.807) is 6.92 Å². The SMILES string of the molecule is CCC(C)=CCCC(=CC=C(CC)C(C)=O)CC. The standard InChI is InChI=1S/C17H28O/c1-6-14(4)10-9-11-16(7-2)12-13-17(8-3)15(5)18/h10,12-13H,6-9,11H2,1-5H3. The van der Waals surface area contributed by atoms with Crippen LogP contribution in [0.5, 0.6) is 0 Å². The van der Waals surface area contributed by atoms with Crippen LogP contribution >= 0.6 is 0 Å². The summed E-state index contributed by atoms with van der Waals surface area (Å²) in [6.45, 7) is 10.2. The van der Waals surface area contributed by atoms with Gasteiger partial charge in [0, 0.05) is 0 Å². The van der Waals surface area contributed by atoms with E-state index in [4.69, 9.17) is 0 Å². The Hall–Kier alpha value is -1.11. The maximum absolute atomic E-state index is 11.3. The number of carbonyl (C=O) groups is 1. The normalized spacial score (nSPS) is 13.9. The molecule has 0 spiro atoms. The van der Waals surface area contributed by atoms with Crippen molar-refractivity contribution in [2.24, 2.45) is 0 Å². The van der Waals surface area contributed by atoms with Gasteiger partial charge in [-0.15, -0.1) is 0 Å². The first kappa shape index (κ1) is 16.9. The molecule has 0 amide bonds. The van der Waals surface area contributed by atoms with Crippen molar-refractivity contribution in [1.29, 1.82) is 0 Å². The second kappa shape index (κ2) is 9.87. The molecule has 0 fully saturated rings. The van der Waals surface area contributed by atoms with Crippen molar-refractivity contribution >= 4 is 5.78 Å². The largest absolute Gasteiger partial charge is 0.295 e. The van der Waals surface area contributed by atoms with Gasteiger partial charge in [0.15, 0.2) is 5.78 Å². The fourth-order valence-electron chi connectivity index (χ4n) is 1.73. The fraction of sp³-hybridized carbons (Fsp3) is 0.588. The molecule has 0 atom stereocenters. The van der Waals surface area contributed by atoms with E-state index in [0.29, 0.717) is 0 Å². The first-order valence-electron chi connectivity index (χ1n) is 7.10. The monoisotopic (exact) mass is 248 g/mol. The second-order valence-electron chi connectivity index (χ2n) is 4.72. The van der Waals surface area contributed by atoms with Gasteiger partial charge < -0.3 is 0 Å². The smallest absolute Gasteiger partial charge is 0.155 e. The van der Waals surface area contributed by atoms with Gasteiger partial charge in [0.1, 0.15) is 0 Å². The summed E-state index contributed by atoms with van der Waals surface area (Å²) in [5, 5.41) is 0. The van der Waals surface area contributed by atoms with Crippen LogP contribution < -0.4 is 0 Å². The van der Waals surface area contributed by atoms with E-state index in [0.717, 1.165) is 37.7 Å². The Labute approximate surface area is 113 Å². The Morgan fingerprint density at radius 3 is 2.06 bits per heavy atom. The van der Waals surface area contributed by atoms with Crippen LogP contribution in [0.4, 0.5) is 0 Å². The maximum Gasteiger partial charge on any atom is 0.155 e. The van der Waals surface area contributed by atoms with E-state index < -0.39 is 0 Å². The van der Waals surface area contributed by atoms with Gasteiger partial charge in [0.05, 0.1) is 0 Å². The Kier molecular flexibility index (Phi) is 9.26. The van der Waals surface area contributed by atoms with Crippen LogP contribution in [-0.2, 0) is 4.79 Å². The minimum Gasteiger partial charge on any atom is -0.295 e. The molecule has 0 heterocycles. The van der Waals surface area contributed by atoms with Gasteiger partial charge >= 0.3 is 0 Å². The van der Waals surface area contributed by atoms with Gasteiger partial charge in [-0.25, -0.2) is 0 Å². The number of carbonyl (C=O) groups excluding carboxylic acids is 1. The minimum atomic E-state index is 0.186. The van der Waals surface area contributed by atoms with Crippen molar-refractivity contribution in [3.05, 3.63) is 34.9 Å². The van der Waals surface area contributed by atoms with Crippen LogP contribution in [0.2, 0.25) is 0 Å². The zero-order valence-corrected chi connectivity index (χ0v) is 12.7. The second-order valence-corrected chi connectivity index (χ2v) is 4.72. The highest BCUT2D eigenvalue weighted by Crippen LogP contribution is 2.13. The number of hydrogen-bond acceptors (Lipinski definition) is 1. The van der Waals surface area contributed by atoms with Crippen LogP contribution in [0.25, 0.3) is 0 Å². The van der Waals surface area contributed by atoms with E-state index in [1.165, 1.54) is 11.1 Å². The van der Waals surface area contributed by atoms with Gasteiger partial charge in [-0.3, -0.25) is 4.79 Å². The van der Waals surface area contributed by atoms with Crippen molar-refractivity contribution in [2.45, 2.75) is 66.7 Å². The Morgan fingerprint density at radius 2 is 1.61 bits per heavy atom. The minimum absolute atomic E-state index is 0.186. The van der Waals surface area contributed by atoms with Crippen LogP contribution in [0.15, 0.2) is 34.9 Å². The molecule has 0 rings (SSSR count). The van der Waals surface area contributed by atoms with Crippen molar-refractivity contribution in [3.63, 3.8) is 0 Å². The number of ketones is 1. The Balaban J connectivity index is 4.53. The Morgan fingerprint density at radius 1 is 0.944 bits per heavy atom. The lowest BCUT2D eigenvalue weighted by atomic mass is 10.0. The number of hydrogen-bond donors (Lipinski definition) is 0. The molecule has 0 bridgehead atoms. The quantitative estimate of drug-likeness (QED) is 0.320. The van der Waals surface area contributed by atoms with Gasteiger partial charge in [0.2, 0.25) is 0 Å². The molecule has 1 heteroatoms. The molecule has 0 aliphatic carbocycles. The molecule has 1 nitrogen and oxygen atoms in total. The molecule has 102 valence electrons. The predicted octanol–water partition coefficient (Wildman–Crippen LogP) is 5.38. The van der Waals surface area contributed by atoms with E-state index in [1.807, 2.05) is 13.0 Å². The Bertz CT molecular complexity index is 343. The van der Waals surface area contributed by atoms with Crippen molar-refractivity contribution in [3.8, 4) is 0 Å². The molecule has 0 aromatic rings. The molecule has 0 saturated heterocycles. The van der Waals surface area contributed by atoms with Crippen LogP contribution in [0, 0.1) is 0 Å². The van der Waals surface area contributed by atoms with Crippen LogP contribution in [0.3, 0.4) is 0 Å². The van der Waals surface area contributed by atoms with E-state index >= 15 is 0 Å². The molecular weight excluding hydrogens is 220 g/mol. The molecule has 0 aromatic carbocycles. The summed E-state index contributed by atoms with van der Waals surface area (Å²) in [5.41, 5.74) is 3.79. The van der Waals surface area contributed by atoms with Crippen LogP contribution in [-0.4, -0.2) is 5.78 Å². The first-order chi connectivity index (χ1) is 8.54. The summed E-state index contributed by atoms with van der Waals surface area (Å²) in [7, 11) is 0. The molecule has 0 radical (unpaired) electrons. The molecule has 18 heavy (non-hydrogen) atoms. The van der Waals surface area contributed by atoms with Crippen molar-refractivity contribution < 1.29 is 4.79 Å². The summed E-state index contributed by atoms with van der Waals surface area (Å²) < 4.78 is 0. The summed E-state index contributed by atoms with van der Waals surface area (Å²) in [4.78, 5) is 11.3. The average Bonchev–Trinajstić information content (AvgIpc) is 2.36. The summed E-state index contributed by atoms with van der Waals surface area (Å²) in [6.07, 6.45) is 11.7. The molecule has 0 unspecified atom stereocenters. The zero-order valence-electron chi connectivity index (χ0n) is 12.7. The topological polar surface area (TPSA) is 17.1 Å². The lowest BCUT2D eigenvalue weighted by Crippen LogP contribution is -1.94. The highest BCUT2D eigenvalue weighted by molar-refractivity contribution is 5.93. The van der Waals surface area contributed by atoms with Gasteiger partial charge in [0.25, 0.3) is 0 Å². The fourth-order valence-corrected chi connectivity index (χ4v) is 1.73. The summed E-state index contributed by atoms with van der Waals surface area (Å²) in [6, 6.07) is 0. The van der Waals surface area contributed by atoms with Crippen molar-refractivity contribution in [2.75, 3.05) is 0 Å². The third-order valence-electron chi connectivity index (χ3n) is 3.32. The van der Waals surface area contributed by atoms with Crippen molar-refractivity contribution in [1.82, 2.24) is 0 Å². The third-order valence-corrected chi connectivity index (χ3v) is 3.32. The first-order valence-corrected chi connectivity index (χ1v) is 7.10. The van der Waals surface area contributed by atoms with E-state index in [9.17, 15) is 4.79 Å². The highest BCUT2D eigenvalue weighted by Gasteiger charge is 1.99. The molecular formula is C17H28O. The average molecular weight is 248 g/mol. The highest BCUT2D eigenvalue weighted by atomic mass is 16.1. The summed E-state index contributed by atoms with van der Waals surface area (Å²) >= 11 is 0. The molecule has 0 aromatic heterocycles. The zero-order chi connectivity index (χ0) is 14.0. The summed E-state index contributed by atoms with van der Waals surface area (Å²) in [5.74, 6) is 0.186. The van der Waals surface area contributed by atoms with Gasteiger partial charge in [-0.05, 0) is 51.5 Å². The van der Waals surface area contributed by atoms with Gasteiger partial charge in [-0.1, -0.05) is 50.1 Å². The van der Waals surface area contributed by atoms with E-state index in [-0.39, 0.29) is 5.78 Å². The lowest BCUT2D eigenvalue weighted by Gasteiger charge is -2.03. The molecule has 0 aliphatic rings. The number of allylic oxidation sites excluding steroid dienone is 6. The van der Waals surface area contributed by atoms with Gasteiger partial charge in [-0.2, -0.15) is 0 Å². The van der Waals surface area contributed by atoms with Crippen LogP contribution in [0.1, 0.15) is 66.7 Å².